The predicted octanol–water partition coefficient (Wildman–Crippen LogP) is 1.49. The van der Waals surface area contributed by atoms with Crippen LogP contribution in [0.2, 0.25) is 0 Å². The van der Waals surface area contributed by atoms with Gasteiger partial charge in [0, 0.05) is 37.4 Å². The summed E-state index contributed by atoms with van der Waals surface area (Å²) in [5.74, 6) is 0.976. The van der Waals surface area contributed by atoms with Crippen molar-refractivity contribution in [3.05, 3.63) is 41.1 Å². The molecule has 0 saturated carbocycles. The predicted molar refractivity (Wildman–Crippen MR) is 134 cm³/mol. The molecular weight excluding hydrogens is 464 g/mol. The summed E-state index contributed by atoms with van der Waals surface area (Å²) in [6.45, 7) is 8.32. The fourth-order valence-electron chi connectivity index (χ4n) is 4.00. The number of nitrogens with one attached hydrogen (secondary N) is 1. The van der Waals surface area contributed by atoms with E-state index in [1.165, 1.54) is 11.7 Å². The summed E-state index contributed by atoms with van der Waals surface area (Å²) < 4.78 is 17.9. The molecule has 0 radical (unpaired) electrons. The zero-order valence-electron chi connectivity index (χ0n) is 20.9. The molecule has 0 atom stereocenters. The number of ether oxygens (including phenoxy) is 3. The molecule has 1 amide bonds. The Labute approximate surface area is 209 Å². The summed E-state index contributed by atoms with van der Waals surface area (Å²) in [4.78, 5) is 41.7. The SMILES string of the molecule is COc1cncc(-c2nc3ncc(OCCCN4CCOCC4)cc3c(=O)n2CC(=O)NC(C)C)c1. The van der Waals surface area contributed by atoms with Crippen LogP contribution in [0, 0.1) is 0 Å². The molecule has 1 N–H and O–H groups in total. The summed E-state index contributed by atoms with van der Waals surface area (Å²) in [5.41, 5.74) is 0.415. The molecule has 0 spiro atoms. The molecule has 0 bridgehead atoms. The first-order chi connectivity index (χ1) is 17.4. The van der Waals surface area contributed by atoms with Gasteiger partial charge in [-0.2, -0.15) is 0 Å². The molecule has 0 aromatic carbocycles. The van der Waals surface area contributed by atoms with Crippen molar-refractivity contribution >= 4 is 16.9 Å². The second kappa shape index (κ2) is 11.9. The second-order valence-corrected chi connectivity index (χ2v) is 8.86. The van der Waals surface area contributed by atoms with E-state index in [1.54, 1.807) is 30.7 Å². The Morgan fingerprint density at radius 2 is 1.97 bits per heavy atom. The van der Waals surface area contributed by atoms with E-state index in [4.69, 9.17) is 14.2 Å². The van der Waals surface area contributed by atoms with Gasteiger partial charge in [-0.25, -0.2) is 9.97 Å². The highest BCUT2D eigenvalue weighted by Crippen LogP contribution is 2.23. The number of morpholine rings is 1. The van der Waals surface area contributed by atoms with Crippen molar-refractivity contribution in [3.63, 3.8) is 0 Å². The highest BCUT2D eigenvalue weighted by molar-refractivity contribution is 5.80. The molecule has 0 aliphatic carbocycles. The van der Waals surface area contributed by atoms with Crippen molar-refractivity contribution in [1.82, 2.24) is 29.7 Å². The number of hydrogen-bond donors (Lipinski definition) is 1. The normalized spacial score (nSPS) is 14.2. The molecule has 1 aliphatic heterocycles. The van der Waals surface area contributed by atoms with Gasteiger partial charge in [0.1, 0.15) is 23.9 Å². The van der Waals surface area contributed by atoms with E-state index in [2.05, 4.69) is 25.2 Å². The van der Waals surface area contributed by atoms with Gasteiger partial charge >= 0.3 is 0 Å². The zero-order chi connectivity index (χ0) is 25.5. The fourth-order valence-corrected chi connectivity index (χ4v) is 4.00. The van der Waals surface area contributed by atoms with E-state index in [1.807, 2.05) is 13.8 Å². The first-order valence-corrected chi connectivity index (χ1v) is 12.1. The van der Waals surface area contributed by atoms with Crippen LogP contribution in [0.15, 0.2) is 35.5 Å². The molecule has 11 heteroatoms. The van der Waals surface area contributed by atoms with E-state index in [0.29, 0.717) is 23.7 Å². The Hall–Kier alpha value is -3.57. The maximum atomic E-state index is 13.6. The van der Waals surface area contributed by atoms with Crippen molar-refractivity contribution in [3.8, 4) is 22.9 Å². The topological polar surface area (TPSA) is 121 Å². The quantitative estimate of drug-likeness (QED) is 0.416. The Bertz CT molecular complexity index is 1260. The summed E-state index contributed by atoms with van der Waals surface area (Å²) in [6.07, 6.45) is 5.53. The second-order valence-electron chi connectivity index (χ2n) is 8.86. The van der Waals surface area contributed by atoms with E-state index < -0.39 is 0 Å². The van der Waals surface area contributed by atoms with Crippen LogP contribution in [0.25, 0.3) is 22.4 Å². The molecule has 4 rings (SSSR count). The maximum Gasteiger partial charge on any atom is 0.263 e. The lowest BCUT2D eigenvalue weighted by Gasteiger charge is -2.26. The molecule has 3 aromatic rings. The van der Waals surface area contributed by atoms with Crippen LogP contribution in [0.5, 0.6) is 11.5 Å². The number of hydrogen-bond acceptors (Lipinski definition) is 9. The third kappa shape index (κ3) is 6.35. The van der Waals surface area contributed by atoms with Crippen LogP contribution in [-0.4, -0.2) is 82.9 Å². The van der Waals surface area contributed by atoms with Crippen LogP contribution in [0.3, 0.4) is 0 Å². The fraction of sp³-hybridized carbons (Fsp3) is 0.480. The number of nitrogens with zero attached hydrogens (tertiary/aromatic N) is 5. The lowest BCUT2D eigenvalue weighted by atomic mass is 10.2. The van der Waals surface area contributed by atoms with Gasteiger partial charge in [0.2, 0.25) is 5.91 Å². The first kappa shape index (κ1) is 25.5. The van der Waals surface area contributed by atoms with Gasteiger partial charge in [-0.15, -0.1) is 0 Å². The maximum absolute atomic E-state index is 13.6. The number of rotatable bonds is 10. The van der Waals surface area contributed by atoms with E-state index in [-0.39, 0.29) is 40.9 Å². The number of aromatic nitrogens is 4. The largest absolute Gasteiger partial charge is 0.495 e. The van der Waals surface area contributed by atoms with Crippen LogP contribution >= 0.6 is 0 Å². The van der Waals surface area contributed by atoms with E-state index in [0.717, 1.165) is 39.3 Å². The lowest BCUT2D eigenvalue weighted by Crippen LogP contribution is -2.37. The Balaban J connectivity index is 1.61. The lowest BCUT2D eigenvalue weighted by molar-refractivity contribution is -0.122. The highest BCUT2D eigenvalue weighted by Gasteiger charge is 2.18. The van der Waals surface area contributed by atoms with Gasteiger partial charge in [-0.1, -0.05) is 0 Å². The number of carbonyl (C=O) groups is 1. The molecule has 1 fully saturated rings. The van der Waals surface area contributed by atoms with Crippen molar-refractivity contribution in [2.75, 3.05) is 46.6 Å². The van der Waals surface area contributed by atoms with Crippen LogP contribution in [-0.2, 0) is 16.1 Å². The third-order valence-corrected chi connectivity index (χ3v) is 5.73. The number of fused-ring (bicyclic) bond motifs is 1. The van der Waals surface area contributed by atoms with Gasteiger partial charge in [-0.3, -0.25) is 24.0 Å². The van der Waals surface area contributed by atoms with E-state index in [9.17, 15) is 9.59 Å². The summed E-state index contributed by atoms with van der Waals surface area (Å²) in [7, 11) is 1.53. The minimum atomic E-state index is -0.386. The average Bonchev–Trinajstić information content (AvgIpc) is 2.88. The van der Waals surface area contributed by atoms with Crippen molar-refractivity contribution < 1.29 is 19.0 Å². The third-order valence-electron chi connectivity index (χ3n) is 5.73. The summed E-state index contributed by atoms with van der Waals surface area (Å²) in [5, 5.41) is 3.10. The smallest absolute Gasteiger partial charge is 0.263 e. The molecule has 0 unspecified atom stereocenters. The van der Waals surface area contributed by atoms with Gasteiger partial charge in [0.05, 0.1) is 44.7 Å². The van der Waals surface area contributed by atoms with Crippen molar-refractivity contribution in [2.24, 2.45) is 0 Å². The molecule has 36 heavy (non-hydrogen) atoms. The van der Waals surface area contributed by atoms with Crippen LogP contribution in [0.1, 0.15) is 20.3 Å². The van der Waals surface area contributed by atoms with Crippen molar-refractivity contribution in [1.29, 1.82) is 0 Å². The van der Waals surface area contributed by atoms with Crippen LogP contribution < -0.4 is 20.3 Å². The zero-order valence-corrected chi connectivity index (χ0v) is 20.9. The summed E-state index contributed by atoms with van der Waals surface area (Å²) >= 11 is 0. The van der Waals surface area contributed by atoms with E-state index >= 15 is 0 Å². The molecule has 4 heterocycles. The average molecular weight is 497 g/mol. The molecule has 192 valence electrons. The minimum Gasteiger partial charge on any atom is -0.495 e. The molecule has 3 aromatic heterocycles. The Morgan fingerprint density at radius 3 is 2.72 bits per heavy atom. The molecule has 1 aliphatic rings. The molecule has 11 nitrogen and oxygen atoms in total. The monoisotopic (exact) mass is 496 g/mol. The van der Waals surface area contributed by atoms with Crippen molar-refractivity contribution in [2.45, 2.75) is 32.9 Å². The molecular formula is C25H32N6O5. The number of amides is 1. The van der Waals surface area contributed by atoms with Gasteiger partial charge < -0.3 is 19.5 Å². The Kier molecular flexibility index (Phi) is 8.44. The number of pyridine rings is 2. The molecule has 1 saturated heterocycles. The number of methoxy groups -OCH3 is 1. The van der Waals surface area contributed by atoms with Gasteiger partial charge in [-0.05, 0) is 32.4 Å². The minimum absolute atomic E-state index is 0.0670. The highest BCUT2D eigenvalue weighted by atomic mass is 16.5. The van der Waals surface area contributed by atoms with Gasteiger partial charge in [0.25, 0.3) is 5.56 Å². The first-order valence-electron chi connectivity index (χ1n) is 12.1. The standard InChI is InChI=1S/C25H32N6O5/c1-17(2)28-22(32)16-31-24(18-11-19(34-3)14-26-13-18)29-23-21(25(31)33)12-20(15-27-23)36-8-4-5-30-6-9-35-10-7-30/h11-15,17H,4-10,16H2,1-3H3,(H,28,32). The van der Waals surface area contributed by atoms with Crippen LogP contribution in [0.4, 0.5) is 0 Å². The number of carbonyl (C=O) groups excluding carboxylic acids is 1. The summed E-state index contributed by atoms with van der Waals surface area (Å²) in [6, 6.07) is 3.28. The Morgan fingerprint density at radius 1 is 1.17 bits per heavy atom. The van der Waals surface area contributed by atoms with Gasteiger partial charge in [0.15, 0.2) is 5.65 Å².